The molecule has 0 aromatic heterocycles. The maximum Gasteiger partial charge on any atom is 0.175 e. The molecule has 6 heteroatoms. The van der Waals surface area contributed by atoms with Gasteiger partial charge in [-0.1, -0.05) is 24.3 Å². The number of benzene rings is 1. The van der Waals surface area contributed by atoms with E-state index in [4.69, 9.17) is 11.1 Å². The van der Waals surface area contributed by atoms with E-state index in [0.717, 1.165) is 34.0 Å². The van der Waals surface area contributed by atoms with Gasteiger partial charge in [0.25, 0.3) is 0 Å². The minimum atomic E-state index is -1.43. The first kappa shape index (κ1) is 19.0. The Morgan fingerprint density at radius 2 is 2.32 bits per heavy atom. The Morgan fingerprint density at radius 3 is 3.08 bits per heavy atom. The molecule has 0 bridgehead atoms. The number of allylic oxidation sites excluding steroid dienone is 2. The fourth-order valence-electron chi connectivity index (χ4n) is 2.23. The average Bonchev–Trinajstić information content (AvgIpc) is 2.77. The Morgan fingerprint density at radius 1 is 1.52 bits per heavy atom. The molecule has 1 aromatic carbocycles. The van der Waals surface area contributed by atoms with Crippen LogP contribution in [0.4, 0.5) is 5.69 Å². The Bertz CT molecular complexity index is 748. The highest BCUT2D eigenvalue weighted by Gasteiger charge is 2.24. The third kappa shape index (κ3) is 5.62. The Hall–Kier alpha value is -2.31. The quantitative estimate of drug-likeness (QED) is 0.441. The van der Waals surface area contributed by atoms with Gasteiger partial charge in [0.2, 0.25) is 0 Å². The van der Waals surface area contributed by atoms with Crippen LogP contribution >= 0.6 is 11.8 Å². The number of nitrogens with zero attached hydrogens (tertiary/aromatic N) is 1. The van der Waals surface area contributed by atoms with Crippen LogP contribution in [-0.4, -0.2) is 22.8 Å². The predicted molar refractivity (Wildman–Crippen MR) is 108 cm³/mol. The second-order valence-electron chi connectivity index (χ2n) is 5.82. The molecule has 2 rings (SSSR count). The van der Waals surface area contributed by atoms with Gasteiger partial charge in [-0.15, -0.1) is 11.8 Å². The number of hydrogen-bond acceptors (Lipinski definition) is 6. The van der Waals surface area contributed by atoms with Crippen molar-refractivity contribution in [2.45, 2.75) is 31.7 Å². The summed E-state index contributed by atoms with van der Waals surface area (Å²) in [5.41, 5.74) is 7.31. The molecule has 132 valence electrons. The average molecular weight is 356 g/mol. The van der Waals surface area contributed by atoms with E-state index in [1.54, 1.807) is 37.0 Å². The molecule has 5 N–H and O–H groups in total. The molecule has 1 aliphatic rings. The molecule has 1 atom stereocenters. The summed E-state index contributed by atoms with van der Waals surface area (Å²) in [7, 11) is 0. The lowest BCUT2D eigenvalue weighted by Gasteiger charge is -2.25. The molecule has 1 heterocycles. The van der Waals surface area contributed by atoms with Gasteiger partial charge in [-0.05, 0) is 37.6 Å². The number of nitrogens with two attached hydrogens (primary N) is 1. The van der Waals surface area contributed by atoms with Gasteiger partial charge in [0.1, 0.15) is 0 Å². The number of anilines is 1. The molecular weight excluding hydrogens is 332 g/mol. The zero-order valence-electron chi connectivity index (χ0n) is 14.5. The van der Waals surface area contributed by atoms with Crippen molar-refractivity contribution in [1.29, 1.82) is 5.41 Å². The van der Waals surface area contributed by atoms with Gasteiger partial charge in [-0.2, -0.15) is 0 Å². The van der Waals surface area contributed by atoms with E-state index in [2.05, 4.69) is 10.3 Å². The molecule has 1 aliphatic heterocycles. The van der Waals surface area contributed by atoms with Crippen molar-refractivity contribution in [3.8, 4) is 0 Å². The van der Waals surface area contributed by atoms with Gasteiger partial charge in [0, 0.05) is 40.9 Å². The normalized spacial score (nSPS) is 16.8. The van der Waals surface area contributed by atoms with Crippen molar-refractivity contribution in [2.24, 2.45) is 10.7 Å². The van der Waals surface area contributed by atoms with Crippen molar-refractivity contribution in [3.63, 3.8) is 0 Å². The van der Waals surface area contributed by atoms with Gasteiger partial charge in [-0.3, -0.25) is 4.99 Å². The molecule has 1 unspecified atom stereocenters. The van der Waals surface area contributed by atoms with Crippen LogP contribution in [0.1, 0.15) is 25.8 Å². The lowest BCUT2D eigenvalue weighted by molar-refractivity contribution is 0.163. The standard InChI is InChI=1S/C19H24N4OS/c1-3-6-18(21)19(2,24)23-15-8-4-7-14(11-15)13-25-17-12-22-10-5-9-16(17)20/h3-4,6-12,21,23-24H,5,13,20H2,1-2H3/b6-3+,21-18?. The lowest BCUT2D eigenvalue weighted by atomic mass is 10.1. The fraction of sp³-hybridized carbons (Fsp3) is 0.263. The van der Waals surface area contributed by atoms with Crippen LogP contribution < -0.4 is 11.1 Å². The fourth-order valence-corrected chi connectivity index (χ4v) is 3.12. The lowest BCUT2D eigenvalue weighted by Crippen LogP contribution is -2.41. The molecule has 0 radical (unpaired) electrons. The van der Waals surface area contributed by atoms with Crippen LogP contribution in [0.2, 0.25) is 0 Å². The van der Waals surface area contributed by atoms with E-state index in [-0.39, 0.29) is 5.71 Å². The predicted octanol–water partition coefficient (Wildman–Crippen LogP) is 3.79. The minimum Gasteiger partial charge on any atom is -0.398 e. The third-order valence-corrected chi connectivity index (χ3v) is 4.72. The van der Waals surface area contributed by atoms with E-state index in [1.807, 2.05) is 43.5 Å². The molecule has 0 aliphatic carbocycles. The van der Waals surface area contributed by atoms with Gasteiger partial charge in [0.05, 0.1) is 5.71 Å². The number of nitrogens with one attached hydrogen (secondary N) is 2. The van der Waals surface area contributed by atoms with Gasteiger partial charge < -0.3 is 21.6 Å². The summed E-state index contributed by atoms with van der Waals surface area (Å²) in [6.07, 6.45) is 9.62. The van der Waals surface area contributed by atoms with Crippen molar-refractivity contribution in [1.82, 2.24) is 0 Å². The molecule has 1 aromatic rings. The van der Waals surface area contributed by atoms with E-state index in [1.165, 1.54) is 0 Å². The molecule has 5 nitrogen and oxygen atoms in total. The highest BCUT2D eigenvalue weighted by atomic mass is 32.2. The van der Waals surface area contributed by atoms with E-state index in [9.17, 15) is 5.11 Å². The minimum absolute atomic E-state index is 0.106. The summed E-state index contributed by atoms with van der Waals surface area (Å²) in [5, 5.41) is 21.3. The van der Waals surface area contributed by atoms with Gasteiger partial charge >= 0.3 is 0 Å². The van der Waals surface area contributed by atoms with Crippen molar-refractivity contribution >= 4 is 29.4 Å². The molecular formula is C19H24N4OS. The van der Waals surface area contributed by atoms with E-state index >= 15 is 0 Å². The molecule has 0 saturated carbocycles. The van der Waals surface area contributed by atoms with Crippen LogP contribution in [-0.2, 0) is 5.75 Å². The van der Waals surface area contributed by atoms with Crippen molar-refractivity contribution in [2.75, 3.05) is 5.32 Å². The Kier molecular flexibility index (Phi) is 6.61. The van der Waals surface area contributed by atoms with Crippen LogP contribution in [0.25, 0.3) is 0 Å². The maximum atomic E-state index is 10.4. The molecule has 0 saturated heterocycles. The van der Waals surface area contributed by atoms with Crippen molar-refractivity contribution < 1.29 is 5.11 Å². The summed E-state index contributed by atoms with van der Waals surface area (Å²) >= 11 is 1.62. The first-order valence-corrected chi connectivity index (χ1v) is 9.03. The summed E-state index contributed by atoms with van der Waals surface area (Å²) in [4.78, 5) is 5.16. The number of aliphatic hydroxyl groups is 1. The monoisotopic (exact) mass is 356 g/mol. The zero-order valence-corrected chi connectivity index (χ0v) is 15.3. The van der Waals surface area contributed by atoms with Crippen LogP contribution in [0.15, 0.2) is 64.3 Å². The second-order valence-corrected chi connectivity index (χ2v) is 6.84. The zero-order chi connectivity index (χ0) is 18.3. The molecule has 0 fully saturated rings. The Labute approximate surface area is 152 Å². The number of hydrogen-bond donors (Lipinski definition) is 4. The maximum absolute atomic E-state index is 10.4. The van der Waals surface area contributed by atoms with Crippen molar-refractivity contribution in [3.05, 3.63) is 64.9 Å². The highest BCUT2D eigenvalue weighted by Crippen LogP contribution is 2.28. The summed E-state index contributed by atoms with van der Waals surface area (Å²) in [6.45, 7) is 3.38. The van der Waals surface area contributed by atoms with Gasteiger partial charge in [0.15, 0.2) is 5.72 Å². The topological polar surface area (TPSA) is 94.5 Å². The second kappa shape index (κ2) is 8.69. The number of aliphatic imine (C=N–C) groups is 1. The first-order valence-electron chi connectivity index (χ1n) is 8.04. The Balaban J connectivity index is 2.05. The van der Waals surface area contributed by atoms with Crippen LogP contribution in [0.3, 0.4) is 0 Å². The van der Waals surface area contributed by atoms with Crippen LogP contribution in [0, 0.1) is 5.41 Å². The molecule has 0 amide bonds. The first-order chi connectivity index (χ1) is 11.9. The smallest absolute Gasteiger partial charge is 0.175 e. The van der Waals surface area contributed by atoms with Crippen LogP contribution in [0.5, 0.6) is 0 Å². The number of thioether (sulfide) groups is 1. The highest BCUT2D eigenvalue weighted by molar-refractivity contribution is 8.02. The third-order valence-electron chi connectivity index (χ3n) is 3.59. The summed E-state index contributed by atoms with van der Waals surface area (Å²) in [5.74, 6) is 0.736. The van der Waals surface area contributed by atoms with E-state index < -0.39 is 5.72 Å². The SMILES string of the molecule is C/C=C/C(=N)C(C)(O)Nc1cccc(CSC2=CN=CCC=C2N)c1. The summed E-state index contributed by atoms with van der Waals surface area (Å²) < 4.78 is 0. The molecule has 0 spiro atoms. The molecule has 25 heavy (non-hydrogen) atoms. The van der Waals surface area contributed by atoms with Gasteiger partial charge in [-0.25, -0.2) is 0 Å². The number of rotatable bonds is 7. The summed E-state index contributed by atoms with van der Waals surface area (Å²) in [6, 6.07) is 7.77. The van der Waals surface area contributed by atoms with E-state index in [0.29, 0.717) is 0 Å². The largest absolute Gasteiger partial charge is 0.398 e.